The van der Waals surface area contributed by atoms with Gasteiger partial charge in [0.15, 0.2) is 0 Å². The molecule has 1 aliphatic heterocycles. The number of anilines is 2. The first kappa shape index (κ1) is 19.0. The van der Waals surface area contributed by atoms with E-state index in [9.17, 15) is 13.2 Å². The molecule has 0 unspecified atom stereocenters. The number of carbonyl (C=O) groups is 1. The first-order valence-corrected chi connectivity index (χ1v) is 10.1. The number of methoxy groups -OCH3 is 1. The molecular weight excluding hydrogens is 366 g/mol. The van der Waals surface area contributed by atoms with Crippen LogP contribution < -0.4 is 14.4 Å². The Balaban J connectivity index is 1.66. The fourth-order valence-corrected chi connectivity index (χ4v) is 4.05. The molecule has 1 N–H and O–H groups in total. The Morgan fingerprint density at radius 1 is 0.963 bits per heavy atom. The van der Waals surface area contributed by atoms with Gasteiger partial charge < -0.3 is 14.5 Å². The van der Waals surface area contributed by atoms with Crippen molar-refractivity contribution in [2.45, 2.75) is 11.8 Å². The average molecular weight is 389 g/mol. The maximum absolute atomic E-state index is 12.5. The normalized spacial score (nSPS) is 14.7. The van der Waals surface area contributed by atoms with Gasteiger partial charge in [-0.1, -0.05) is 0 Å². The Labute approximate surface area is 159 Å². The molecule has 1 heterocycles. The number of amides is 1. The van der Waals surface area contributed by atoms with Gasteiger partial charge in [-0.2, -0.15) is 0 Å². The Morgan fingerprint density at radius 2 is 1.56 bits per heavy atom. The van der Waals surface area contributed by atoms with Gasteiger partial charge in [-0.3, -0.25) is 9.52 Å². The van der Waals surface area contributed by atoms with E-state index in [0.29, 0.717) is 24.5 Å². The van der Waals surface area contributed by atoms with E-state index in [0.717, 1.165) is 18.8 Å². The molecule has 27 heavy (non-hydrogen) atoms. The molecule has 2 aromatic carbocycles. The van der Waals surface area contributed by atoms with Gasteiger partial charge in [-0.15, -0.1) is 0 Å². The summed E-state index contributed by atoms with van der Waals surface area (Å²) in [6.45, 7) is 4.49. The van der Waals surface area contributed by atoms with Crippen LogP contribution in [-0.4, -0.2) is 52.5 Å². The highest BCUT2D eigenvalue weighted by Gasteiger charge is 2.19. The number of rotatable bonds is 5. The van der Waals surface area contributed by atoms with E-state index in [4.69, 9.17) is 4.74 Å². The summed E-state index contributed by atoms with van der Waals surface area (Å²) in [6.07, 6.45) is 0. The van der Waals surface area contributed by atoms with E-state index >= 15 is 0 Å². The predicted octanol–water partition coefficient (Wildman–Crippen LogP) is 2.16. The van der Waals surface area contributed by atoms with Crippen LogP contribution in [0, 0.1) is 0 Å². The molecule has 0 saturated carbocycles. The molecule has 3 rings (SSSR count). The zero-order chi connectivity index (χ0) is 19.4. The van der Waals surface area contributed by atoms with Crippen molar-refractivity contribution >= 4 is 27.3 Å². The van der Waals surface area contributed by atoms with Crippen LogP contribution in [-0.2, 0) is 14.8 Å². The number of nitrogens with zero attached hydrogens (tertiary/aromatic N) is 2. The van der Waals surface area contributed by atoms with E-state index in [-0.39, 0.29) is 10.8 Å². The van der Waals surface area contributed by atoms with E-state index < -0.39 is 10.0 Å². The van der Waals surface area contributed by atoms with Gasteiger partial charge in [0.05, 0.1) is 12.0 Å². The van der Waals surface area contributed by atoms with E-state index in [1.807, 2.05) is 17.0 Å². The molecule has 0 spiro atoms. The van der Waals surface area contributed by atoms with Crippen molar-refractivity contribution in [3.8, 4) is 5.75 Å². The van der Waals surface area contributed by atoms with Crippen molar-refractivity contribution in [2.75, 3.05) is 42.9 Å². The Bertz CT molecular complexity index is 888. The number of hydrogen-bond acceptors (Lipinski definition) is 5. The predicted molar refractivity (Wildman–Crippen MR) is 105 cm³/mol. The highest BCUT2D eigenvalue weighted by Crippen LogP contribution is 2.22. The van der Waals surface area contributed by atoms with Crippen LogP contribution >= 0.6 is 0 Å². The van der Waals surface area contributed by atoms with Crippen molar-refractivity contribution in [1.82, 2.24) is 4.90 Å². The van der Waals surface area contributed by atoms with Gasteiger partial charge in [0.2, 0.25) is 5.91 Å². The van der Waals surface area contributed by atoms with Gasteiger partial charge >= 0.3 is 0 Å². The maximum atomic E-state index is 12.5. The van der Waals surface area contributed by atoms with Crippen LogP contribution in [0.1, 0.15) is 6.92 Å². The van der Waals surface area contributed by atoms with Crippen LogP contribution in [0.25, 0.3) is 0 Å². The molecular formula is C19H23N3O4S. The third-order valence-corrected chi connectivity index (χ3v) is 5.98. The van der Waals surface area contributed by atoms with Crippen LogP contribution in [0.3, 0.4) is 0 Å². The zero-order valence-corrected chi connectivity index (χ0v) is 16.2. The number of hydrogen-bond donors (Lipinski definition) is 1. The van der Waals surface area contributed by atoms with E-state index in [2.05, 4.69) is 9.62 Å². The van der Waals surface area contributed by atoms with Crippen molar-refractivity contribution < 1.29 is 17.9 Å². The fraction of sp³-hybridized carbons (Fsp3) is 0.316. The lowest BCUT2D eigenvalue weighted by Crippen LogP contribution is -2.48. The number of ether oxygens (including phenoxy) is 1. The highest BCUT2D eigenvalue weighted by molar-refractivity contribution is 7.92. The Kier molecular flexibility index (Phi) is 5.55. The monoisotopic (exact) mass is 389 g/mol. The smallest absolute Gasteiger partial charge is 0.261 e. The molecule has 0 bridgehead atoms. The molecule has 0 aromatic heterocycles. The molecule has 1 aliphatic rings. The molecule has 8 heteroatoms. The molecule has 0 aliphatic carbocycles. The number of carbonyl (C=O) groups excluding carboxylic acids is 1. The van der Waals surface area contributed by atoms with Crippen molar-refractivity contribution in [1.29, 1.82) is 0 Å². The van der Waals surface area contributed by atoms with Crippen LogP contribution in [0.2, 0.25) is 0 Å². The molecule has 0 radical (unpaired) electrons. The first-order valence-electron chi connectivity index (χ1n) is 8.66. The molecule has 1 saturated heterocycles. The minimum Gasteiger partial charge on any atom is -0.497 e. The number of nitrogens with one attached hydrogen (secondary N) is 1. The summed E-state index contributed by atoms with van der Waals surface area (Å²) in [5, 5.41) is 0. The molecule has 0 atom stereocenters. The molecule has 1 amide bonds. The minimum absolute atomic E-state index is 0.0953. The van der Waals surface area contributed by atoms with Crippen molar-refractivity contribution in [2.24, 2.45) is 0 Å². The summed E-state index contributed by atoms with van der Waals surface area (Å²) in [5.74, 6) is 0.695. The number of benzene rings is 2. The first-order chi connectivity index (χ1) is 12.9. The van der Waals surface area contributed by atoms with E-state index in [1.54, 1.807) is 31.2 Å². The second kappa shape index (κ2) is 7.87. The Hall–Kier alpha value is -2.74. The molecule has 2 aromatic rings. The summed E-state index contributed by atoms with van der Waals surface area (Å²) in [5.41, 5.74) is 1.50. The third-order valence-electron chi connectivity index (χ3n) is 4.58. The zero-order valence-electron chi connectivity index (χ0n) is 15.4. The van der Waals surface area contributed by atoms with Crippen LogP contribution in [0.4, 0.5) is 11.4 Å². The lowest BCUT2D eigenvalue weighted by molar-refractivity contribution is -0.129. The topological polar surface area (TPSA) is 79.0 Å². The van der Waals surface area contributed by atoms with Crippen LogP contribution in [0.5, 0.6) is 5.75 Å². The second-order valence-electron chi connectivity index (χ2n) is 6.32. The minimum atomic E-state index is -3.66. The van der Waals surface area contributed by atoms with Gasteiger partial charge in [-0.25, -0.2) is 8.42 Å². The third kappa shape index (κ3) is 4.51. The highest BCUT2D eigenvalue weighted by atomic mass is 32.2. The summed E-state index contributed by atoms with van der Waals surface area (Å²) in [4.78, 5) is 15.6. The van der Waals surface area contributed by atoms with Crippen molar-refractivity contribution in [3.05, 3.63) is 48.5 Å². The summed E-state index contributed by atoms with van der Waals surface area (Å²) >= 11 is 0. The number of sulfonamides is 1. The van der Waals surface area contributed by atoms with Gasteiger partial charge in [0, 0.05) is 44.5 Å². The summed E-state index contributed by atoms with van der Waals surface area (Å²) < 4.78 is 32.6. The molecule has 7 nitrogen and oxygen atoms in total. The largest absolute Gasteiger partial charge is 0.497 e. The van der Waals surface area contributed by atoms with E-state index in [1.165, 1.54) is 19.2 Å². The SMILES string of the molecule is COc1ccc(S(=O)(=O)Nc2ccc(N3CCN(C(C)=O)CC3)cc2)cc1. The van der Waals surface area contributed by atoms with Crippen LogP contribution in [0.15, 0.2) is 53.4 Å². The fourth-order valence-electron chi connectivity index (χ4n) is 2.99. The lowest BCUT2D eigenvalue weighted by atomic mass is 10.2. The maximum Gasteiger partial charge on any atom is 0.261 e. The average Bonchev–Trinajstić information content (AvgIpc) is 2.68. The van der Waals surface area contributed by atoms with Gasteiger partial charge in [0.25, 0.3) is 10.0 Å². The number of piperazine rings is 1. The molecule has 144 valence electrons. The summed E-state index contributed by atoms with van der Waals surface area (Å²) in [6, 6.07) is 13.5. The van der Waals surface area contributed by atoms with Crippen molar-refractivity contribution in [3.63, 3.8) is 0 Å². The quantitative estimate of drug-likeness (QED) is 0.848. The van der Waals surface area contributed by atoms with Gasteiger partial charge in [-0.05, 0) is 48.5 Å². The van der Waals surface area contributed by atoms with Gasteiger partial charge in [0.1, 0.15) is 5.75 Å². The second-order valence-corrected chi connectivity index (χ2v) is 8.00. The summed E-state index contributed by atoms with van der Waals surface area (Å²) in [7, 11) is -2.13. The molecule has 1 fully saturated rings. The standard InChI is InChI=1S/C19H23N3O4S/c1-15(23)21-11-13-22(14-12-21)17-5-3-16(4-6-17)20-27(24,25)19-9-7-18(26-2)8-10-19/h3-10,20H,11-14H2,1-2H3. The lowest BCUT2D eigenvalue weighted by Gasteiger charge is -2.35. The Morgan fingerprint density at radius 3 is 2.07 bits per heavy atom.